The van der Waals surface area contributed by atoms with Crippen LogP contribution in [0.15, 0.2) is 6.33 Å². The van der Waals surface area contributed by atoms with E-state index in [4.69, 9.17) is 4.74 Å². The second-order valence-electron chi connectivity index (χ2n) is 5.15. The molecule has 0 saturated carbocycles. The van der Waals surface area contributed by atoms with Crippen molar-refractivity contribution in [3.63, 3.8) is 0 Å². The summed E-state index contributed by atoms with van der Waals surface area (Å²) in [5, 5.41) is 11.6. The normalized spacial score (nSPS) is 18.1. The standard InChI is InChI=1S/C13H23N5O2/c1-4-20-13(19)18-7-5-11(6-8-18)15-10(2)12-16-14-9-17(12)3/h9-11,15H,4-8H2,1-3H3. The molecule has 0 aliphatic carbocycles. The molecule has 112 valence electrons. The van der Waals surface area contributed by atoms with Crippen molar-refractivity contribution < 1.29 is 9.53 Å². The summed E-state index contributed by atoms with van der Waals surface area (Å²) in [5.41, 5.74) is 0. The van der Waals surface area contributed by atoms with Crippen LogP contribution in [0.1, 0.15) is 38.6 Å². The first-order valence-corrected chi connectivity index (χ1v) is 7.13. The number of aryl methyl sites for hydroxylation is 1. The average molecular weight is 281 g/mol. The molecule has 7 nitrogen and oxygen atoms in total. The number of hydrogen-bond acceptors (Lipinski definition) is 5. The first-order chi connectivity index (χ1) is 9.61. The SMILES string of the molecule is CCOC(=O)N1CCC(NC(C)c2nncn2C)CC1. The van der Waals surface area contributed by atoms with E-state index in [-0.39, 0.29) is 12.1 Å². The van der Waals surface area contributed by atoms with Crippen molar-refractivity contribution in [3.05, 3.63) is 12.2 Å². The maximum atomic E-state index is 11.6. The number of hydrogen-bond donors (Lipinski definition) is 1. The molecule has 7 heteroatoms. The minimum atomic E-state index is -0.202. The number of likely N-dealkylation sites (tertiary alicyclic amines) is 1. The highest BCUT2D eigenvalue weighted by molar-refractivity contribution is 5.67. The maximum Gasteiger partial charge on any atom is 0.409 e. The first kappa shape index (κ1) is 14.8. The van der Waals surface area contributed by atoms with Crippen molar-refractivity contribution in [2.45, 2.75) is 38.8 Å². The zero-order chi connectivity index (χ0) is 14.5. The quantitative estimate of drug-likeness (QED) is 0.894. The van der Waals surface area contributed by atoms with Crippen LogP contribution >= 0.6 is 0 Å². The fourth-order valence-corrected chi connectivity index (χ4v) is 2.56. The third-order valence-electron chi connectivity index (χ3n) is 3.64. The maximum absolute atomic E-state index is 11.6. The van der Waals surface area contributed by atoms with Crippen LogP contribution in [-0.2, 0) is 11.8 Å². The molecule has 1 unspecified atom stereocenters. The van der Waals surface area contributed by atoms with Gasteiger partial charge in [-0.3, -0.25) is 0 Å². The lowest BCUT2D eigenvalue weighted by atomic mass is 10.0. The zero-order valence-corrected chi connectivity index (χ0v) is 12.4. The fourth-order valence-electron chi connectivity index (χ4n) is 2.56. The lowest BCUT2D eigenvalue weighted by molar-refractivity contribution is 0.0942. The first-order valence-electron chi connectivity index (χ1n) is 7.13. The van der Waals surface area contributed by atoms with Crippen molar-refractivity contribution >= 4 is 6.09 Å². The van der Waals surface area contributed by atoms with Gasteiger partial charge in [-0.25, -0.2) is 4.79 Å². The van der Waals surface area contributed by atoms with E-state index in [2.05, 4.69) is 22.4 Å². The van der Waals surface area contributed by atoms with Crippen molar-refractivity contribution in [2.24, 2.45) is 7.05 Å². The molecule has 1 aromatic heterocycles. The molecule has 0 aromatic carbocycles. The number of carbonyl (C=O) groups is 1. The highest BCUT2D eigenvalue weighted by Gasteiger charge is 2.25. The van der Waals surface area contributed by atoms with E-state index < -0.39 is 0 Å². The average Bonchev–Trinajstić information content (AvgIpc) is 2.86. The lowest BCUT2D eigenvalue weighted by Gasteiger charge is -2.33. The van der Waals surface area contributed by atoms with Crippen molar-refractivity contribution in [3.8, 4) is 0 Å². The molecule has 1 aromatic rings. The minimum Gasteiger partial charge on any atom is -0.450 e. The van der Waals surface area contributed by atoms with Gasteiger partial charge < -0.3 is 19.5 Å². The molecule has 1 aliphatic heterocycles. The van der Waals surface area contributed by atoms with E-state index in [0.717, 1.165) is 31.8 Å². The van der Waals surface area contributed by atoms with Crippen molar-refractivity contribution in [1.82, 2.24) is 25.0 Å². The molecule has 1 N–H and O–H groups in total. The Morgan fingerprint density at radius 3 is 2.80 bits per heavy atom. The molecular weight excluding hydrogens is 258 g/mol. The Labute approximate surface area is 119 Å². The molecule has 1 amide bonds. The predicted molar refractivity (Wildman–Crippen MR) is 74.2 cm³/mol. The molecule has 2 rings (SSSR count). The van der Waals surface area contributed by atoms with Gasteiger partial charge in [0.15, 0.2) is 0 Å². The summed E-state index contributed by atoms with van der Waals surface area (Å²) in [6.45, 7) is 5.82. The molecule has 20 heavy (non-hydrogen) atoms. The van der Waals surface area contributed by atoms with Gasteiger partial charge in [-0.05, 0) is 26.7 Å². The zero-order valence-electron chi connectivity index (χ0n) is 12.4. The van der Waals surface area contributed by atoms with Crippen LogP contribution in [0.25, 0.3) is 0 Å². The van der Waals surface area contributed by atoms with E-state index in [0.29, 0.717) is 12.6 Å². The molecule has 2 heterocycles. The van der Waals surface area contributed by atoms with Crippen LogP contribution in [-0.4, -0.2) is 51.5 Å². The van der Waals surface area contributed by atoms with E-state index in [1.54, 1.807) is 11.2 Å². The van der Waals surface area contributed by atoms with Crippen LogP contribution in [0.5, 0.6) is 0 Å². The van der Waals surface area contributed by atoms with Crippen LogP contribution < -0.4 is 5.32 Å². The highest BCUT2D eigenvalue weighted by atomic mass is 16.6. The molecule has 0 radical (unpaired) electrons. The van der Waals surface area contributed by atoms with Crippen LogP contribution in [0.3, 0.4) is 0 Å². The van der Waals surface area contributed by atoms with Crippen molar-refractivity contribution in [1.29, 1.82) is 0 Å². The summed E-state index contributed by atoms with van der Waals surface area (Å²) in [7, 11) is 1.94. The van der Waals surface area contributed by atoms with Gasteiger partial charge in [0.05, 0.1) is 12.6 Å². The van der Waals surface area contributed by atoms with Crippen LogP contribution in [0, 0.1) is 0 Å². The number of carbonyl (C=O) groups excluding carboxylic acids is 1. The molecule has 0 bridgehead atoms. The third kappa shape index (κ3) is 3.47. The number of rotatable bonds is 4. The summed E-state index contributed by atoms with van der Waals surface area (Å²) >= 11 is 0. The van der Waals surface area contributed by atoms with Gasteiger partial charge in [-0.15, -0.1) is 10.2 Å². The van der Waals surface area contributed by atoms with Gasteiger partial charge in [0.2, 0.25) is 0 Å². The largest absolute Gasteiger partial charge is 0.450 e. The van der Waals surface area contributed by atoms with Gasteiger partial charge in [0.25, 0.3) is 0 Å². The molecule has 1 saturated heterocycles. The Balaban J connectivity index is 1.80. The summed E-state index contributed by atoms with van der Waals surface area (Å²) < 4.78 is 6.94. The molecule has 1 atom stereocenters. The van der Waals surface area contributed by atoms with E-state index in [9.17, 15) is 4.79 Å². The molecule has 0 spiro atoms. The summed E-state index contributed by atoms with van der Waals surface area (Å²) in [4.78, 5) is 13.4. The summed E-state index contributed by atoms with van der Waals surface area (Å²) in [6.07, 6.45) is 3.37. The van der Waals surface area contributed by atoms with Gasteiger partial charge in [0.1, 0.15) is 12.2 Å². The molecule has 1 aliphatic rings. The predicted octanol–water partition coefficient (Wildman–Crippen LogP) is 1.09. The number of aromatic nitrogens is 3. The Kier molecular flexibility index (Phi) is 4.94. The molecule has 1 fully saturated rings. The lowest BCUT2D eigenvalue weighted by Crippen LogP contribution is -2.45. The van der Waals surface area contributed by atoms with Crippen molar-refractivity contribution in [2.75, 3.05) is 19.7 Å². The van der Waals surface area contributed by atoms with Gasteiger partial charge in [0, 0.05) is 26.2 Å². The van der Waals surface area contributed by atoms with Gasteiger partial charge in [-0.2, -0.15) is 0 Å². The fraction of sp³-hybridized carbons (Fsp3) is 0.769. The third-order valence-corrected chi connectivity index (χ3v) is 3.64. The van der Waals surface area contributed by atoms with Gasteiger partial charge in [-0.1, -0.05) is 0 Å². The Hall–Kier alpha value is -1.63. The number of nitrogens with one attached hydrogen (secondary N) is 1. The number of piperidine rings is 1. The van der Waals surface area contributed by atoms with Gasteiger partial charge >= 0.3 is 6.09 Å². The second-order valence-corrected chi connectivity index (χ2v) is 5.15. The Bertz CT molecular complexity index is 440. The minimum absolute atomic E-state index is 0.154. The number of ether oxygens (including phenoxy) is 1. The number of amides is 1. The van der Waals surface area contributed by atoms with Crippen LogP contribution in [0.2, 0.25) is 0 Å². The number of nitrogens with zero attached hydrogens (tertiary/aromatic N) is 4. The van der Waals surface area contributed by atoms with E-state index in [1.165, 1.54) is 0 Å². The molecular formula is C13H23N5O2. The Morgan fingerprint density at radius 1 is 1.55 bits per heavy atom. The smallest absolute Gasteiger partial charge is 0.409 e. The summed E-state index contributed by atoms with van der Waals surface area (Å²) in [5.74, 6) is 0.929. The second kappa shape index (κ2) is 6.69. The van der Waals surface area contributed by atoms with Crippen LogP contribution in [0.4, 0.5) is 4.79 Å². The van der Waals surface area contributed by atoms with E-state index >= 15 is 0 Å². The summed E-state index contributed by atoms with van der Waals surface area (Å²) in [6, 6.07) is 0.550. The Morgan fingerprint density at radius 2 is 2.25 bits per heavy atom. The highest BCUT2D eigenvalue weighted by Crippen LogP contribution is 2.16. The monoisotopic (exact) mass is 281 g/mol. The van der Waals surface area contributed by atoms with E-state index in [1.807, 2.05) is 18.5 Å². The topological polar surface area (TPSA) is 72.3 Å².